The van der Waals surface area contributed by atoms with Crippen LogP contribution >= 0.6 is 11.6 Å². The van der Waals surface area contributed by atoms with Crippen LogP contribution in [0.25, 0.3) is 0 Å². The molecule has 0 fully saturated rings. The van der Waals surface area contributed by atoms with Crippen molar-refractivity contribution in [2.45, 2.75) is 13.8 Å². The maximum Gasteiger partial charge on any atom is 0.489 e. The lowest BCUT2D eigenvalue weighted by Crippen LogP contribution is -2.32. The molecule has 0 aliphatic rings. The van der Waals surface area contributed by atoms with Gasteiger partial charge in [-0.1, -0.05) is 17.7 Å². The fourth-order valence-corrected chi connectivity index (χ4v) is 2.12. The van der Waals surface area contributed by atoms with Crippen molar-refractivity contribution in [3.05, 3.63) is 58.1 Å². The molecule has 108 valence electrons. The van der Waals surface area contributed by atoms with Gasteiger partial charge < -0.3 is 15.4 Å². The van der Waals surface area contributed by atoms with E-state index in [4.69, 9.17) is 11.6 Å². The summed E-state index contributed by atoms with van der Waals surface area (Å²) in [5.41, 5.74) is 3.31. The smallest absolute Gasteiger partial charge is 0.423 e. The first-order valence-corrected chi connectivity index (χ1v) is 6.80. The minimum Gasteiger partial charge on any atom is -0.423 e. The Morgan fingerprint density at radius 3 is 2.43 bits per heavy atom. The third-order valence-electron chi connectivity index (χ3n) is 3.30. The van der Waals surface area contributed by atoms with Crippen LogP contribution in [0.5, 0.6) is 0 Å². The topological polar surface area (TPSA) is 69.6 Å². The van der Waals surface area contributed by atoms with E-state index in [-0.39, 0.29) is 16.4 Å². The first kappa shape index (κ1) is 15.6. The number of benzene rings is 2. The summed E-state index contributed by atoms with van der Waals surface area (Å²) in [7, 11) is -1.72. The first-order valence-electron chi connectivity index (χ1n) is 6.42. The van der Waals surface area contributed by atoms with Crippen LogP contribution in [-0.2, 0) is 0 Å². The number of anilines is 1. The van der Waals surface area contributed by atoms with Crippen LogP contribution in [0.15, 0.2) is 36.4 Å². The summed E-state index contributed by atoms with van der Waals surface area (Å²) in [4.78, 5) is 12.2. The average molecular weight is 304 g/mol. The van der Waals surface area contributed by atoms with Crippen molar-refractivity contribution in [1.29, 1.82) is 0 Å². The Morgan fingerprint density at radius 1 is 1.10 bits per heavy atom. The summed E-state index contributed by atoms with van der Waals surface area (Å²) in [6, 6.07) is 9.98. The van der Waals surface area contributed by atoms with Crippen LogP contribution in [0.2, 0.25) is 5.02 Å². The molecular weight excluding hydrogens is 288 g/mol. The summed E-state index contributed by atoms with van der Waals surface area (Å²) < 4.78 is 0. The molecule has 1 amide bonds. The highest BCUT2D eigenvalue weighted by Gasteiger charge is 2.17. The van der Waals surface area contributed by atoms with Crippen molar-refractivity contribution in [3.8, 4) is 0 Å². The number of hydrogen-bond donors (Lipinski definition) is 3. The number of amides is 1. The van der Waals surface area contributed by atoms with Gasteiger partial charge in [0.2, 0.25) is 0 Å². The molecule has 2 rings (SSSR count). The highest BCUT2D eigenvalue weighted by molar-refractivity contribution is 6.62. The van der Waals surface area contributed by atoms with Gasteiger partial charge in [-0.2, -0.15) is 0 Å². The molecule has 0 spiro atoms. The van der Waals surface area contributed by atoms with Crippen LogP contribution in [0.1, 0.15) is 21.5 Å². The minimum absolute atomic E-state index is 0.101. The number of aryl methyl sites for hydroxylation is 2. The molecule has 0 bridgehead atoms. The molecule has 0 heterocycles. The van der Waals surface area contributed by atoms with E-state index in [1.165, 1.54) is 18.2 Å². The molecule has 21 heavy (non-hydrogen) atoms. The van der Waals surface area contributed by atoms with Crippen molar-refractivity contribution in [2.75, 3.05) is 5.32 Å². The van der Waals surface area contributed by atoms with Crippen molar-refractivity contribution >= 4 is 35.8 Å². The predicted octanol–water partition coefficient (Wildman–Crippen LogP) is 1.89. The Kier molecular flexibility index (Phi) is 4.68. The van der Waals surface area contributed by atoms with Gasteiger partial charge >= 0.3 is 7.12 Å². The van der Waals surface area contributed by atoms with Gasteiger partial charge in [0.25, 0.3) is 5.91 Å². The van der Waals surface area contributed by atoms with Crippen molar-refractivity contribution in [3.63, 3.8) is 0 Å². The lowest BCUT2D eigenvalue weighted by atomic mass is 9.79. The molecule has 0 aliphatic heterocycles. The van der Waals surface area contributed by atoms with Gasteiger partial charge in [0.15, 0.2) is 0 Å². The molecule has 2 aromatic carbocycles. The van der Waals surface area contributed by atoms with E-state index in [2.05, 4.69) is 5.32 Å². The first-order chi connectivity index (χ1) is 9.88. The van der Waals surface area contributed by atoms with Crippen LogP contribution in [-0.4, -0.2) is 23.1 Å². The van der Waals surface area contributed by atoms with E-state index < -0.39 is 7.12 Å². The Labute approximate surface area is 128 Å². The molecule has 0 saturated heterocycles. The SMILES string of the molecule is Cc1ccc(NC(=O)c2ccc(Cl)c(B(O)O)c2)cc1C. The van der Waals surface area contributed by atoms with Crippen molar-refractivity contribution in [1.82, 2.24) is 0 Å². The summed E-state index contributed by atoms with van der Waals surface area (Å²) in [5, 5.41) is 21.4. The predicted molar refractivity (Wildman–Crippen MR) is 85.1 cm³/mol. The van der Waals surface area contributed by atoms with Gasteiger partial charge in [-0.05, 0) is 55.3 Å². The summed E-state index contributed by atoms with van der Waals surface area (Å²) in [6.45, 7) is 3.96. The van der Waals surface area contributed by atoms with Gasteiger partial charge in [0, 0.05) is 21.7 Å². The van der Waals surface area contributed by atoms with Gasteiger partial charge in [0.1, 0.15) is 0 Å². The maximum atomic E-state index is 12.2. The fraction of sp³-hybridized carbons (Fsp3) is 0.133. The average Bonchev–Trinajstić information content (AvgIpc) is 2.43. The van der Waals surface area contributed by atoms with E-state index >= 15 is 0 Å². The van der Waals surface area contributed by atoms with Crippen molar-refractivity contribution < 1.29 is 14.8 Å². The highest BCUT2D eigenvalue weighted by atomic mass is 35.5. The molecule has 0 saturated carbocycles. The van der Waals surface area contributed by atoms with Crippen LogP contribution in [0, 0.1) is 13.8 Å². The van der Waals surface area contributed by atoms with E-state index in [1.807, 2.05) is 32.0 Å². The van der Waals surface area contributed by atoms with Gasteiger partial charge in [-0.25, -0.2) is 0 Å². The molecule has 0 aromatic heterocycles. The van der Waals surface area contributed by atoms with Crippen LogP contribution in [0.3, 0.4) is 0 Å². The number of hydrogen-bond acceptors (Lipinski definition) is 3. The second-order valence-corrected chi connectivity index (χ2v) is 5.27. The zero-order valence-corrected chi connectivity index (χ0v) is 12.5. The fourth-order valence-electron chi connectivity index (χ4n) is 1.91. The lowest BCUT2D eigenvalue weighted by Gasteiger charge is -2.09. The molecule has 4 nitrogen and oxygen atoms in total. The normalized spacial score (nSPS) is 10.3. The minimum atomic E-state index is -1.72. The Bertz CT molecular complexity index is 689. The van der Waals surface area contributed by atoms with Gasteiger partial charge in [-0.15, -0.1) is 0 Å². The van der Waals surface area contributed by atoms with Crippen LogP contribution in [0.4, 0.5) is 5.69 Å². The number of carbonyl (C=O) groups excluding carboxylic acids is 1. The molecule has 0 aliphatic carbocycles. The van der Waals surface area contributed by atoms with E-state index in [1.54, 1.807) is 0 Å². The molecule has 2 aromatic rings. The standard InChI is InChI=1S/C15H15BClNO3/c1-9-3-5-12(7-10(9)2)18-15(19)11-4-6-14(17)13(8-11)16(20)21/h3-8,20-21H,1-2H3,(H,18,19). The van der Waals surface area contributed by atoms with E-state index in [0.29, 0.717) is 11.3 Å². The summed E-state index contributed by atoms with van der Waals surface area (Å²) in [5.74, 6) is -0.336. The molecule has 6 heteroatoms. The number of halogens is 1. The second kappa shape index (κ2) is 6.31. The molecule has 0 unspecified atom stereocenters. The van der Waals surface area contributed by atoms with Gasteiger partial charge in [0.05, 0.1) is 0 Å². The summed E-state index contributed by atoms with van der Waals surface area (Å²) >= 11 is 5.84. The zero-order chi connectivity index (χ0) is 15.6. The zero-order valence-electron chi connectivity index (χ0n) is 11.7. The van der Waals surface area contributed by atoms with E-state index in [0.717, 1.165) is 11.1 Å². The summed E-state index contributed by atoms with van der Waals surface area (Å²) in [6.07, 6.45) is 0. The Morgan fingerprint density at radius 2 is 1.81 bits per heavy atom. The third kappa shape index (κ3) is 3.64. The molecule has 0 atom stereocenters. The van der Waals surface area contributed by atoms with Gasteiger partial charge in [-0.3, -0.25) is 4.79 Å². The highest BCUT2D eigenvalue weighted by Crippen LogP contribution is 2.16. The van der Waals surface area contributed by atoms with Crippen LogP contribution < -0.4 is 10.8 Å². The Hall–Kier alpha value is -1.82. The third-order valence-corrected chi connectivity index (χ3v) is 3.65. The maximum absolute atomic E-state index is 12.2. The second-order valence-electron chi connectivity index (χ2n) is 4.86. The number of carbonyl (C=O) groups is 1. The molecular formula is C15H15BClNO3. The monoisotopic (exact) mass is 303 g/mol. The number of nitrogens with one attached hydrogen (secondary N) is 1. The van der Waals surface area contributed by atoms with E-state index in [9.17, 15) is 14.8 Å². The lowest BCUT2D eigenvalue weighted by molar-refractivity contribution is 0.102. The Balaban J connectivity index is 2.24. The largest absolute Gasteiger partial charge is 0.489 e. The molecule has 0 radical (unpaired) electrons. The number of rotatable bonds is 3. The molecule has 3 N–H and O–H groups in total. The van der Waals surface area contributed by atoms with Crippen molar-refractivity contribution in [2.24, 2.45) is 0 Å². The quantitative estimate of drug-likeness (QED) is 0.758.